The lowest BCUT2D eigenvalue weighted by atomic mass is 9.63. The number of amides is 1. The van der Waals surface area contributed by atoms with Gasteiger partial charge in [-0.25, -0.2) is 0 Å². The Balaban J connectivity index is 1.60. The molecule has 2 unspecified atom stereocenters. The number of carbonyl (C=O) groups is 1. The molecule has 0 heterocycles. The molecule has 2 fully saturated rings. The molecular formula is C16H18N2O. The topological polar surface area (TPSA) is 52.9 Å². The molecule has 2 atom stereocenters. The Labute approximate surface area is 113 Å². The summed E-state index contributed by atoms with van der Waals surface area (Å²) >= 11 is 0. The van der Waals surface area contributed by atoms with E-state index in [4.69, 9.17) is 0 Å². The summed E-state index contributed by atoms with van der Waals surface area (Å²) in [4.78, 5) is 12.2. The van der Waals surface area contributed by atoms with E-state index in [9.17, 15) is 10.1 Å². The van der Waals surface area contributed by atoms with Gasteiger partial charge < -0.3 is 5.32 Å². The third-order valence-electron chi connectivity index (χ3n) is 4.38. The molecule has 0 bridgehead atoms. The molecule has 1 aromatic carbocycles. The molecule has 2 aliphatic carbocycles. The van der Waals surface area contributed by atoms with Crippen LogP contribution >= 0.6 is 0 Å². The Hall–Kier alpha value is -1.82. The van der Waals surface area contributed by atoms with Crippen LogP contribution in [0.1, 0.15) is 37.7 Å². The van der Waals surface area contributed by atoms with Gasteiger partial charge in [0.05, 0.1) is 6.07 Å². The van der Waals surface area contributed by atoms with Crippen LogP contribution in [0.2, 0.25) is 0 Å². The van der Waals surface area contributed by atoms with Crippen LogP contribution in [-0.2, 0) is 4.79 Å². The predicted octanol–water partition coefficient (Wildman–Crippen LogP) is 2.60. The first-order chi connectivity index (χ1) is 9.14. The summed E-state index contributed by atoms with van der Waals surface area (Å²) in [6.07, 6.45) is 2.41. The van der Waals surface area contributed by atoms with E-state index in [0.29, 0.717) is 24.7 Å². The highest BCUT2D eigenvalue weighted by atomic mass is 16.2. The van der Waals surface area contributed by atoms with Gasteiger partial charge in [0.25, 0.3) is 0 Å². The summed E-state index contributed by atoms with van der Waals surface area (Å²) in [7, 11) is 0. The van der Waals surface area contributed by atoms with Gasteiger partial charge in [-0.2, -0.15) is 5.26 Å². The average molecular weight is 254 g/mol. The zero-order valence-corrected chi connectivity index (χ0v) is 11.1. The maximum atomic E-state index is 12.2. The van der Waals surface area contributed by atoms with E-state index < -0.39 is 5.41 Å². The monoisotopic (exact) mass is 254 g/mol. The first-order valence-electron chi connectivity index (χ1n) is 6.92. The summed E-state index contributed by atoms with van der Waals surface area (Å²) < 4.78 is 0. The van der Waals surface area contributed by atoms with Crippen LogP contribution < -0.4 is 5.32 Å². The number of rotatable bonds is 3. The molecule has 1 N–H and O–H groups in total. The molecule has 0 radical (unpaired) electrons. The Morgan fingerprint density at radius 2 is 2.05 bits per heavy atom. The van der Waals surface area contributed by atoms with Crippen LogP contribution in [0.15, 0.2) is 30.3 Å². The molecule has 0 saturated heterocycles. The molecule has 3 heteroatoms. The summed E-state index contributed by atoms with van der Waals surface area (Å²) in [5.41, 5.74) is 0.532. The summed E-state index contributed by atoms with van der Waals surface area (Å²) in [5, 5.41) is 12.3. The second kappa shape index (κ2) is 4.38. The van der Waals surface area contributed by atoms with Gasteiger partial charge in [-0.05, 0) is 30.7 Å². The highest BCUT2D eigenvalue weighted by Gasteiger charge is 2.51. The van der Waals surface area contributed by atoms with Crippen molar-refractivity contribution in [3.05, 3.63) is 35.9 Å². The number of nitriles is 1. The van der Waals surface area contributed by atoms with Gasteiger partial charge in [0.1, 0.15) is 5.41 Å². The average Bonchev–Trinajstić information content (AvgIpc) is 3.15. The van der Waals surface area contributed by atoms with Crippen molar-refractivity contribution < 1.29 is 4.79 Å². The number of hydrogen-bond acceptors (Lipinski definition) is 2. The maximum Gasteiger partial charge on any atom is 0.240 e. The van der Waals surface area contributed by atoms with E-state index in [0.717, 1.165) is 6.42 Å². The number of benzene rings is 1. The van der Waals surface area contributed by atoms with Gasteiger partial charge in [-0.3, -0.25) is 4.79 Å². The molecule has 2 aliphatic rings. The zero-order valence-electron chi connectivity index (χ0n) is 11.1. The Kier molecular flexibility index (Phi) is 2.82. The Bertz CT molecular complexity index is 525. The van der Waals surface area contributed by atoms with E-state index >= 15 is 0 Å². The van der Waals surface area contributed by atoms with Crippen molar-refractivity contribution in [3.8, 4) is 6.07 Å². The van der Waals surface area contributed by atoms with Crippen LogP contribution in [0.4, 0.5) is 0 Å². The minimum atomic E-state index is -0.747. The van der Waals surface area contributed by atoms with Crippen LogP contribution in [0.5, 0.6) is 0 Å². The molecule has 1 aromatic rings. The number of nitrogens with zero attached hydrogens (tertiary/aromatic N) is 1. The highest BCUT2D eigenvalue weighted by molar-refractivity contribution is 5.87. The largest absolute Gasteiger partial charge is 0.351 e. The van der Waals surface area contributed by atoms with Gasteiger partial charge in [0.15, 0.2) is 0 Å². The Morgan fingerprint density at radius 3 is 2.63 bits per heavy atom. The molecule has 3 nitrogen and oxygen atoms in total. The maximum absolute atomic E-state index is 12.2. The first kappa shape index (κ1) is 12.2. The first-order valence-corrected chi connectivity index (χ1v) is 6.92. The van der Waals surface area contributed by atoms with Crippen molar-refractivity contribution in [1.82, 2.24) is 5.32 Å². The fourth-order valence-electron chi connectivity index (χ4n) is 3.19. The molecule has 0 aliphatic heterocycles. The second-order valence-electron chi connectivity index (χ2n) is 6.04. The molecule has 19 heavy (non-hydrogen) atoms. The zero-order chi connectivity index (χ0) is 13.5. The summed E-state index contributed by atoms with van der Waals surface area (Å²) in [6.45, 7) is 2.09. The lowest BCUT2D eigenvalue weighted by Gasteiger charge is -2.39. The van der Waals surface area contributed by atoms with Crippen molar-refractivity contribution in [3.63, 3.8) is 0 Å². The van der Waals surface area contributed by atoms with Crippen LogP contribution in [0, 0.1) is 22.7 Å². The molecular weight excluding hydrogens is 236 g/mol. The minimum absolute atomic E-state index is 0.0588. The van der Waals surface area contributed by atoms with Gasteiger partial charge in [0.2, 0.25) is 5.91 Å². The minimum Gasteiger partial charge on any atom is -0.351 e. The van der Waals surface area contributed by atoms with Gasteiger partial charge in [0, 0.05) is 12.0 Å². The fraction of sp³-hybridized carbons (Fsp3) is 0.500. The summed E-state index contributed by atoms with van der Waals surface area (Å²) in [5.74, 6) is 0.865. The van der Waals surface area contributed by atoms with Gasteiger partial charge >= 0.3 is 0 Å². The van der Waals surface area contributed by atoms with Gasteiger partial charge in [-0.1, -0.05) is 37.3 Å². The van der Waals surface area contributed by atoms with Crippen molar-refractivity contribution in [1.29, 1.82) is 5.26 Å². The lowest BCUT2D eigenvalue weighted by molar-refractivity contribution is -0.134. The van der Waals surface area contributed by atoms with Crippen molar-refractivity contribution in [2.75, 3.05) is 0 Å². The van der Waals surface area contributed by atoms with E-state index in [2.05, 4.69) is 30.4 Å². The standard InChI is InChI=1S/C16H18N2O/c1-11-8-16(9-11,10-17)15(19)18-14-7-13(14)12-5-3-2-4-6-12/h2-6,11,13-14H,7-9H2,1H3,(H,18,19). The van der Waals surface area contributed by atoms with E-state index in [1.54, 1.807) is 0 Å². The number of nitrogens with one attached hydrogen (secondary N) is 1. The van der Waals surface area contributed by atoms with Crippen LogP contribution in [-0.4, -0.2) is 11.9 Å². The van der Waals surface area contributed by atoms with Crippen molar-refractivity contribution in [2.24, 2.45) is 11.3 Å². The van der Waals surface area contributed by atoms with Gasteiger partial charge in [-0.15, -0.1) is 0 Å². The second-order valence-corrected chi connectivity index (χ2v) is 6.04. The van der Waals surface area contributed by atoms with Crippen molar-refractivity contribution in [2.45, 2.75) is 38.1 Å². The van der Waals surface area contributed by atoms with Crippen LogP contribution in [0.25, 0.3) is 0 Å². The molecule has 0 aromatic heterocycles. The predicted molar refractivity (Wildman–Crippen MR) is 72.2 cm³/mol. The fourth-order valence-corrected chi connectivity index (χ4v) is 3.19. The van der Waals surface area contributed by atoms with E-state index in [-0.39, 0.29) is 11.9 Å². The lowest BCUT2D eigenvalue weighted by Crippen LogP contribution is -2.48. The van der Waals surface area contributed by atoms with E-state index in [1.165, 1.54) is 5.56 Å². The van der Waals surface area contributed by atoms with E-state index in [1.807, 2.05) is 18.2 Å². The highest BCUT2D eigenvalue weighted by Crippen LogP contribution is 2.47. The smallest absolute Gasteiger partial charge is 0.240 e. The SMILES string of the molecule is CC1CC(C#N)(C(=O)NC2CC2c2ccccc2)C1. The summed E-state index contributed by atoms with van der Waals surface area (Å²) in [6, 6.07) is 12.7. The molecule has 1 amide bonds. The number of hydrogen-bond donors (Lipinski definition) is 1. The third kappa shape index (κ3) is 2.12. The quantitative estimate of drug-likeness (QED) is 0.901. The van der Waals surface area contributed by atoms with Crippen LogP contribution in [0.3, 0.4) is 0 Å². The number of carbonyl (C=O) groups excluding carboxylic acids is 1. The third-order valence-corrected chi connectivity index (χ3v) is 4.38. The molecule has 3 rings (SSSR count). The molecule has 2 saturated carbocycles. The normalized spacial score (nSPS) is 35.9. The molecule has 0 spiro atoms. The van der Waals surface area contributed by atoms with Crippen molar-refractivity contribution >= 4 is 5.91 Å². The Morgan fingerprint density at radius 1 is 1.37 bits per heavy atom. The molecule has 98 valence electrons.